The minimum Gasteiger partial charge on any atom is -0.312 e. The molecule has 0 aromatic heterocycles. The van der Waals surface area contributed by atoms with Gasteiger partial charge in [-0.3, -0.25) is 0 Å². The summed E-state index contributed by atoms with van der Waals surface area (Å²) in [7, 11) is 0. The van der Waals surface area contributed by atoms with Crippen LogP contribution < -0.4 is 5.32 Å². The molecular weight excluding hydrogens is 225 g/mol. The van der Waals surface area contributed by atoms with Gasteiger partial charge in [0.15, 0.2) is 0 Å². The van der Waals surface area contributed by atoms with E-state index >= 15 is 0 Å². The van der Waals surface area contributed by atoms with Gasteiger partial charge < -0.3 is 5.32 Å². The molecule has 1 saturated carbocycles. The largest absolute Gasteiger partial charge is 0.312 e. The van der Waals surface area contributed by atoms with Crippen LogP contribution in [0.5, 0.6) is 0 Å². The number of rotatable bonds is 4. The van der Waals surface area contributed by atoms with Gasteiger partial charge in [0.05, 0.1) is 0 Å². The van der Waals surface area contributed by atoms with Crippen molar-refractivity contribution in [3.8, 4) is 0 Å². The highest BCUT2D eigenvalue weighted by Crippen LogP contribution is 2.22. The van der Waals surface area contributed by atoms with Crippen LogP contribution in [0.15, 0.2) is 18.2 Å². The normalized spacial score (nSPS) is 17.7. The number of hydrogen-bond donors (Lipinski definition) is 1. The number of hydrogen-bond acceptors (Lipinski definition) is 1. The second kappa shape index (κ2) is 6.89. The third-order valence-corrected chi connectivity index (χ3v) is 3.93. The molecule has 0 atom stereocenters. The van der Waals surface area contributed by atoms with Gasteiger partial charge in [-0.05, 0) is 43.9 Å². The smallest absolute Gasteiger partial charge is 0.127 e. The Morgan fingerprint density at radius 1 is 1.17 bits per heavy atom. The molecule has 1 aliphatic rings. The summed E-state index contributed by atoms with van der Waals surface area (Å²) in [6.07, 6.45) is 8.19. The van der Waals surface area contributed by atoms with Crippen molar-refractivity contribution in [2.75, 3.05) is 6.54 Å². The summed E-state index contributed by atoms with van der Waals surface area (Å²) in [6.45, 7) is 3.61. The first-order valence-corrected chi connectivity index (χ1v) is 7.21. The predicted octanol–water partition coefficient (Wildman–Crippen LogP) is 4.19. The van der Waals surface area contributed by atoms with Gasteiger partial charge in [0.25, 0.3) is 0 Å². The maximum Gasteiger partial charge on any atom is 0.127 e. The molecule has 2 heteroatoms. The highest BCUT2D eigenvalue weighted by molar-refractivity contribution is 5.23. The van der Waals surface area contributed by atoms with Crippen molar-refractivity contribution >= 4 is 0 Å². The molecule has 1 fully saturated rings. The van der Waals surface area contributed by atoms with Gasteiger partial charge in [-0.2, -0.15) is 0 Å². The second-order valence-corrected chi connectivity index (χ2v) is 5.58. The van der Waals surface area contributed by atoms with E-state index in [4.69, 9.17) is 0 Å². The Morgan fingerprint density at radius 2 is 1.89 bits per heavy atom. The molecule has 0 unspecified atom stereocenters. The van der Waals surface area contributed by atoms with E-state index in [-0.39, 0.29) is 5.82 Å². The number of nitrogens with one attached hydrogen (secondary N) is 1. The van der Waals surface area contributed by atoms with E-state index in [2.05, 4.69) is 5.32 Å². The average molecular weight is 249 g/mol. The summed E-state index contributed by atoms with van der Waals surface area (Å²) in [5.41, 5.74) is 1.77. The van der Waals surface area contributed by atoms with E-state index in [0.717, 1.165) is 23.6 Å². The Balaban J connectivity index is 1.77. The van der Waals surface area contributed by atoms with E-state index in [0.29, 0.717) is 6.54 Å². The van der Waals surface area contributed by atoms with Crippen LogP contribution in [-0.2, 0) is 6.54 Å². The predicted molar refractivity (Wildman–Crippen MR) is 74.0 cm³/mol. The third-order valence-electron chi connectivity index (χ3n) is 3.93. The van der Waals surface area contributed by atoms with Gasteiger partial charge in [-0.15, -0.1) is 0 Å². The van der Waals surface area contributed by atoms with Gasteiger partial charge in [-0.25, -0.2) is 4.39 Å². The van der Waals surface area contributed by atoms with Crippen LogP contribution in [0.25, 0.3) is 0 Å². The van der Waals surface area contributed by atoms with Gasteiger partial charge in [-0.1, -0.05) is 37.8 Å². The molecule has 0 radical (unpaired) electrons. The van der Waals surface area contributed by atoms with Crippen LogP contribution in [0.1, 0.15) is 49.7 Å². The molecule has 1 aromatic carbocycles. The molecule has 100 valence electrons. The molecule has 1 aliphatic carbocycles. The zero-order valence-corrected chi connectivity index (χ0v) is 11.3. The van der Waals surface area contributed by atoms with Crippen molar-refractivity contribution in [1.29, 1.82) is 0 Å². The fourth-order valence-electron chi connectivity index (χ4n) is 2.77. The molecule has 1 nitrogen and oxygen atoms in total. The molecule has 0 saturated heterocycles. The Morgan fingerprint density at radius 3 is 2.56 bits per heavy atom. The van der Waals surface area contributed by atoms with Crippen molar-refractivity contribution in [1.82, 2.24) is 5.32 Å². The molecule has 2 rings (SSSR count). The molecule has 0 amide bonds. The lowest BCUT2D eigenvalue weighted by Gasteiger charge is -2.15. The van der Waals surface area contributed by atoms with Gasteiger partial charge in [0, 0.05) is 12.1 Å². The molecule has 0 aliphatic heterocycles. The molecule has 0 spiro atoms. The fourth-order valence-corrected chi connectivity index (χ4v) is 2.77. The summed E-state index contributed by atoms with van der Waals surface area (Å²) in [6, 6.07) is 5.49. The highest BCUT2D eigenvalue weighted by Gasteiger charge is 2.11. The highest BCUT2D eigenvalue weighted by atomic mass is 19.1. The van der Waals surface area contributed by atoms with E-state index in [9.17, 15) is 4.39 Å². The van der Waals surface area contributed by atoms with Crippen molar-refractivity contribution in [2.24, 2.45) is 5.92 Å². The zero-order chi connectivity index (χ0) is 12.8. The van der Waals surface area contributed by atoms with Crippen LogP contribution in [0.4, 0.5) is 4.39 Å². The minimum atomic E-state index is -0.0802. The average Bonchev–Trinajstić information content (AvgIpc) is 2.60. The Hall–Kier alpha value is -0.890. The molecular formula is C16H24FN. The third kappa shape index (κ3) is 4.09. The summed E-state index contributed by atoms with van der Waals surface area (Å²) in [5, 5.41) is 3.42. The van der Waals surface area contributed by atoms with E-state index in [1.54, 1.807) is 6.07 Å². The minimum absolute atomic E-state index is 0.0802. The van der Waals surface area contributed by atoms with Crippen LogP contribution in [0, 0.1) is 18.7 Å². The summed E-state index contributed by atoms with van der Waals surface area (Å²) in [4.78, 5) is 0. The van der Waals surface area contributed by atoms with Gasteiger partial charge in [0.2, 0.25) is 0 Å². The van der Waals surface area contributed by atoms with Gasteiger partial charge in [0.1, 0.15) is 5.82 Å². The first kappa shape index (κ1) is 13.5. The van der Waals surface area contributed by atoms with E-state index in [1.165, 1.54) is 38.5 Å². The Labute approximate surface area is 110 Å². The van der Waals surface area contributed by atoms with Gasteiger partial charge >= 0.3 is 0 Å². The molecule has 0 heterocycles. The maximum atomic E-state index is 13.6. The summed E-state index contributed by atoms with van der Waals surface area (Å²) < 4.78 is 13.6. The van der Waals surface area contributed by atoms with Crippen molar-refractivity contribution in [3.63, 3.8) is 0 Å². The second-order valence-electron chi connectivity index (χ2n) is 5.58. The lowest BCUT2D eigenvalue weighted by atomic mass is 10.0. The van der Waals surface area contributed by atoms with Crippen molar-refractivity contribution in [2.45, 2.75) is 52.0 Å². The van der Waals surface area contributed by atoms with Crippen LogP contribution in [0.2, 0.25) is 0 Å². The SMILES string of the molecule is Cc1ccc(CNCC2CCCCCC2)c(F)c1. The number of aryl methyl sites for hydroxylation is 1. The van der Waals surface area contributed by atoms with Crippen LogP contribution in [0.3, 0.4) is 0 Å². The number of halogens is 1. The standard InChI is InChI=1S/C16H24FN/c1-13-8-9-15(16(17)10-13)12-18-11-14-6-4-2-3-5-7-14/h8-10,14,18H,2-7,11-12H2,1H3. The molecule has 1 aromatic rings. The molecule has 18 heavy (non-hydrogen) atoms. The quantitative estimate of drug-likeness (QED) is 0.789. The van der Waals surface area contributed by atoms with E-state index < -0.39 is 0 Å². The topological polar surface area (TPSA) is 12.0 Å². The monoisotopic (exact) mass is 249 g/mol. The summed E-state index contributed by atoms with van der Waals surface area (Å²) in [5.74, 6) is 0.712. The summed E-state index contributed by atoms with van der Waals surface area (Å²) >= 11 is 0. The van der Waals surface area contributed by atoms with Crippen molar-refractivity contribution in [3.05, 3.63) is 35.1 Å². The molecule has 0 bridgehead atoms. The first-order valence-electron chi connectivity index (χ1n) is 7.21. The Bertz CT molecular complexity index is 367. The Kier molecular flexibility index (Phi) is 5.18. The maximum absolute atomic E-state index is 13.6. The fraction of sp³-hybridized carbons (Fsp3) is 0.625. The lowest BCUT2D eigenvalue weighted by molar-refractivity contribution is 0.422. The number of benzene rings is 1. The van der Waals surface area contributed by atoms with Crippen molar-refractivity contribution < 1.29 is 4.39 Å². The molecule has 1 N–H and O–H groups in total. The first-order chi connectivity index (χ1) is 8.75. The van der Waals surface area contributed by atoms with E-state index in [1.807, 2.05) is 19.1 Å². The zero-order valence-electron chi connectivity index (χ0n) is 11.3. The lowest BCUT2D eigenvalue weighted by Crippen LogP contribution is -2.22. The van der Waals surface area contributed by atoms with Crippen LogP contribution >= 0.6 is 0 Å². The van der Waals surface area contributed by atoms with Crippen LogP contribution in [-0.4, -0.2) is 6.54 Å².